The van der Waals surface area contributed by atoms with Gasteiger partial charge in [0.1, 0.15) is 0 Å². The van der Waals surface area contributed by atoms with E-state index in [0.717, 1.165) is 32.4 Å². The zero-order chi connectivity index (χ0) is 11.8. The maximum atomic E-state index is 11.5. The summed E-state index contributed by atoms with van der Waals surface area (Å²) in [6.07, 6.45) is 6.07. The Kier molecular flexibility index (Phi) is 6.42. The van der Waals surface area contributed by atoms with Crippen LogP contribution in [0.15, 0.2) is 0 Å². The molecule has 0 spiro atoms. The highest BCUT2D eigenvalue weighted by atomic mass is 16.5. The van der Waals surface area contributed by atoms with E-state index in [9.17, 15) is 4.79 Å². The maximum Gasteiger partial charge on any atom is 0.221 e. The molecule has 0 aromatic heterocycles. The van der Waals surface area contributed by atoms with Crippen molar-refractivity contribution in [3.05, 3.63) is 0 Å². The molecule has 0 radical (unpaired) electrons. The van der Waals surface area contributed by atoms with Gasteiger partial charge in [-0.25, -0.2) is 0 Å². The number of rotatable bonds is 9. The third-order valence-electron chi connectivity index (χ3n) is 3.00. The molecule has 3 N–H and O–H groups in total. The van der Waals surface area contributed by atoms with Crippen molar-refractivity contribution >= 4 is 5.91 Å². The zero-order valence-corrected chi connectivity index (χ0v) is 10.2. The molecule has 0 aliphatic heterocycles. The number of unbranched alkanes of at least 4 members (excludes halogenated alkanes) is 2. The SMILES string of the molecule is COCCCCCNC(=O)CC(N)C1CC1. The fourth-order valence-corrected chi connectivity index (χ4v) is 1.75. The lowest BCUT2D eigenvalue weighted by Crippen LogP contribution is -2.33. The van der Waals surface area contributed by atoms with Gasteiger partial charge in [0, 0.05) is 32.7 Å². The van der Waals surface area contributed by atoms with Crippen LogP contribution in [0.25, 0.3) is 0 Å². The van der Waals surface area contributed by atoms with Crippen LogP contribution in [0.5, 0.6) is 0 Å². The minimum atomic E-state index is 0.0773. The van der Waals surface area contributed by atoms with E-state index in [1.807, 2.05) is 0 Å². The van der Waals surface area contributed by atoms with E-state index in [-0.39, 0.29) is 11.9 Å². The van der Waals surface area contributed by atoms with Gasteiger partial charge in [-0.15, -0.1) is 0 Å². The summed E-state index contributed by atoms with van der Waals surface area (Å²) in [4.78, 5) is 11.5. The smallest absolute Gasteiger partial charge is 0.221 e. The van der Waals surface area contributed by atoms with E-state index in [4.69, 9.17) is 10.5 Å². The normalized spacial score (nSPS) is 17.1. The van der Waals surface area contributed by atoms with Gasteiger partial charge in [-0.2, -0.15) is 0 Å². The number of hydrogen-bond donors (Lipinski definition) is 2. The topological polar surface area (TPSA) is 64.3 Å². The van der Waals surface area contributed by atoms with E-state index < -0.39 is 0 Å². The standard InChI is InChI=1S/C12H24N2O2/c1-16-8-4-2-3-7-14-12(15)9-11(13)10-5-6-10/h10-11H,2-9,13H2,1H3,(H,14,15). The molecule has 94 valence electrons. The Labute approximate surface area is 97.9 Å². The third kappa shape index (κ3) is 6.08. The number of amides is 1. The first-order chi connectivity index (χ1) is 7.74. The fraction of sp³-hybridized carbons (Fsp3) is 0.917. The third-order valence-corrected chi connectivity index (χ3v) is 3.00. The van der Waals surface area contributed by atoms with E-state index >= 15 is 0 Å². The Balaban J connectivity index is 1.89. The predicted octanol–water partition coefficient (Wildman–Crippen LogP) is 1.05. The maximum absolute atomic E-state index is 11.5. The average Bonchev–Trinajstić information content (AvgIpc) is 3.06. The van der Waals surface area contributed by atoms with Crippen molar-refractivity contribution in [2.75, 3.05) is 20.3 Å². The molecular weight excluding hydrogens is 204 g/mol. The van der Waals surface area contributed by atoms with E-state index in [0.29, 0.717) is 12.3 Å². The van der Waals surface area contributed by atoms with Crippen molar-refractivity contribution in [3.8, 4) is 0 Å². The van der Waals surface area contributed by atoms with Crippen LogP contribution in [-0.4, -0.2) is 32.2 Å². The molecule has 1 aliphatic carbocycles. The van der Waals surface area contributed by atoms with Crippen LogP contribution in [0.4, 0.5) is 0 Å². The summed E-state index contributed by atoms with van der Waals surface area (Å²) >= 11 is 0. The Hall–Kier alpha value is -0.610. The largest absolute Gasteiger partial charge is 0.385 e. The van der Waals surface area contributed by atoms with Gasteiger partial charge in [-0.05, 0) is 38.0 Å². The highest BCUT2D eigenvalue weighted by Gasteiger charge is 2.29. The van der Waals surface area contributed by atoms with Gasteiger partial charge in [-0.1, -0.05) is 0 Å². The summed E-state index contributed by atoms with van der Waals surface area (Å²) in [5, 5.41) is 2.91. The van der Waals surface area contributed by atoms with Gasteiger partial charge in [0.25, 0.3) is 0 Å². The van der Waals surface area contributed by atoms with Crippen molar-refractivity contribution in [2.24, 2.45) is 11.7 Å². The minimum Gasteiger partial charge on any atom is -0.385 e. The highest BCUT2D eigenvalue weighted by Crippen LogP contribution is 2.32. The summed E-state index contributed by atoms with van der Waals surface area (Å²) < 4.78 is 4.95. The van der Waals surface area contributed by atoms with Crippen LogP contribution in [-0.2, 0) is 9.53 Å². The average molecular weight is 228 g/mol. The van der Waals surface area contributed by atoms with Gasteiger partial charge in [0.15, 0.2) is 0 Å². The van der Waals surface area contributed by atoms with Gasteiger partial charge in [0.2, 0.25) is 5.91 Å². The summed E-state index contributed by atoms with van der Waals surface area (Å²) in [5.41, 5.74) is 5.87. The second kappa shape index (κ2) is 7.63. The summed E-state index contributed by atoms with van der Waals surface area (Å²) in [6.45, 7) is 1.57. The first-order valence-corrected chi connectivity index (χ1v) is 6.25. The van der Waals surface area contributed by atoms with E-state index in [1.165, 1.54) is 12.8 Å². The predicted molar refractivity (Wildman–Crippen MR) is 64.1 cm³/mol. The molecule has 1 unspecified atom stereocenters. The zero-order valence-electron chi connectivity index (χ0n) is 10.2. The molecule has 16 heavy (non-hydrogen) atoms. The number of carbonyl (C=O) groups excluding carboxylic acids is 1. The highest BCUT2D eigenvalue weighted by molar-refractivity contribution is 5.76. The first kappa shape index (κ1) is 13.5. The number of carbonyl (C=O) groups is 1. The van der Waals surface area contributed by atoms with Crippen LogP contribution in [0.2, 0.25) is 0 Å². The van der Waals surface area contributed by atoms with E-state index in [1.54, 1.807) is 7.11 Å². The molecule has 0 saturated heterocycles. The summed E-state index contributed by atoms with van der Waals surface area (Å²) in [7, 11) is 1.71. The van der Waals surface area contributed by atoms with Crippen LogP contribution in [0.1, 0.15) is 38.5 Å². The van der Waals surface area contributed by atoms with Gasteiger partial charge >= 0.3 is 0 Å². The first-order valence-electron chi connectivity index (χ1n) is 6.25. The van der Waals surface area contributed by atoms with Gasteiger partial charge < -0.3 is 15.8 Å². The van der Waals surface area contributed by atoms with Gasteiger partial charge in [0.05, 0.1) is 0 Å². The Morgan fingerprint density at radius 2 is 2.19 bits per heavy atom. The number of methoxy groups -OCH3 is 1. The molecule has 1 fully saturated rings. The van der Waals surface area contributed by atoms with Crippen LogP contribution in [0, 0.1) is 5.92 Å². The molecule has 1 amide bonds. The molecule has 1 aliphatic rings. The van der Waals surface area contributed by atoms with Crippen molar-refractivity contribution in [1.29, 1.82) is 0 Å². The molecule has 1 atom stereocenters. The molecule has 0 aromatic carbocycles. The fourth-order valence-electron chi connectivity index (χ4n) is 1.75. The monoisotopic (exact) mass is 228 g/mol. The Bertz CT molecular complexity index is 205. The van der Waals surface area contributed by atoms with Crippen molar-refractivity contribution in [1.82, 2.24) is 5.32 Å². The molecule has 0 heterocycles. The molecule has 0 aromatic rings. The second-order valence-corrected chi connectivity index (χ2v) is 4.61. The number of nitrogens with one attached hydrogen (secondary N) is 1. The number of hydrogen-bond acceptors (Lipinski definition) is 3. The number of ether oxygens (including phenoxy) is 1. The van der Waals surface area contributed by atoms with E-state index in [2.05, 4.69) is 5.32 Å². The Morgan fingerprint density at radius 3 is 2.81 bits per heavy atom. The summed E-state index contributed by atoms with van der Waals surface area (Å²) in [5.74, 6) is 0.707. The molecule has 4 heteroatoms. The lowest BCUT2D eigenvalue weighted by Gasteiger charge is -2.10. The van der Waals surface area contributed by atoms with Crippen LogP contribution >= 0.6 is 0 Å². The molecule has 4 nitrogen and oxygen atoms in total. The van der Waals surface area contributed by atoms with Crippen molar-refractivity contribution in [2.45, 2.75) is 44.6 Å². The quantitative estimate of drug-likeness (QED) is 0.580. The second-order valence-electron chi connectivity index (χ2n) is 4.61. The van der Waals surface area contributed by atoms with Crippen LogP contribution in [0.3, 0.4) is 0 Å². The lowest BCUT2D eigenvalue weighted by atomic mass is 10.1. The molecule has 1 saturated carbocycles. The van der Waals surface area contributed by atoms with Gasteiger partial charge in [-0.3, -0.25) is 4.79 Å². The summed E-state index contributed by atoms with van der Waals surface area (Å²) in [6, 6.07) is 0.0773. The molecule has 0 bridgehead atoms. The van der Waals surface area contributed by atoms with Crippen LogP contribution < -0.4 is 11.1 Å². The molecular formula is C12H24N2O2. The Morgan fingerprint density at radius 1 is 1.44 bits per heavy atom. The minimum absolute atomic E-state index is 0.0773. The lowest BCUT2D eigenvalue weighted by molar-refractivity contribution is -0.121. The van der Waals surface area contributed by atoms with Crippen molar-refractivity contribution in [3.63, 3.8) is 0 Å². The molecule has 1 rings (SSSR count). The number of nitrogens with two attached hydrogens (primary N) is 1. The van der Waals surface area contributed by atoms with Crippen molar-refractivity contribution < 1.29 is 9.53 Å².